The van der Waals surface area contributed by atoms with Crippen LogP contribution in [0.3, 0.4) is 0 Å². The van der Waals surface area contributed by atoms with Gasteiger partial charge in [0.15, 0.2) is 11.5 Å². The van der Waals surface area contributed by atoms with Crippen LogP contribution in [-0.2, 0) is 11.3 Å². The van der Waals surface area contributed by atoms with Crippen molar-refractivity contribution in [1.82, 2.24) is 4.90 Å². The first-order valence-electron chi connectivity index (χ1n) is 9.41. The predicted molar refractivity (Wildman–Crippen MR) is 121 cm³/mol. The van der Waals surface area contributed by atoms with E-state index in [9.17, 15) is 19.7 Å². The van der Waals surface area contributed by atoms with Crippen molar-refractivity contribution in [2.75, 3.05) is 13.2 Å². The van der Waals surface area contributed by atoms with Crippen LogP contribution in [0.25, 0.3) is 6.08 Å². The molecule has 0 atom stereocenters. The van der Waals surface area contributed by atoms with E-state index in [0.717, 1.165) is 16.7 Å². The molecule has 3 rings (SSSR count). The molecule has 31 heavy (non-hydrogen) atoms. The summed E-state index contributed by atoms with van der Waals surface area (Å²) in [5, 5.41) is 10.4. The van der Waals surface area contributed by atoms with Crippen LogP contribution < -0.4 is 9.47 Å². The van der Waals surface area contributed by atoms with Crippen molar-refractivity contribution in [3.63, 3.8) is 0 Å². The summed E-state index contributed by atoms with van der Waals surface area (Å²) in [6, 6.07) is 9.29. The normalized spacial score (nSPS) is 14.9. The fourth-order valence-electron chi connectivity index (χ4n) is 2.91. The van der Waals surface area contributed by atoms with Gasteiger partial charge in [-0.15, -0.1) is 0 Å². The zero-order valence-electron chi connectivity index (χ0n) is 16.8. The number of halogens is 1. The van der Waals surface area contributed by atoms with Gasteiger partial charge in [0, 0.05) is 12.1 Å². The van der Waals surface area contributed by atoms with E-state index < -0.39 is 16.1 Å². The summed E-state index contributed by atoms with van der Waals surface area (Å²) in [4.78, 5) is 36.9. The van der Waals surface area contributed by atoms with Crippen LogP contribution >= 0.6 is 27.7 Å². The molecular formula is C21H19BrN2O6S. The van der Waals surface area contributed by atoms with Crippen molar-refractivity contribution in [3.05, 3.63) is 67.0 Å². The highest BCUT2D eigenvalue weighted by molar-refractivity contribution is 9.10. The van der Waals surface area contributed by atoms with Crippen LogP contribution in [0, 0.1) is 10.1 Å². The lowest BCUT2D eigenvalue weighted by Crippen LogP contribution is -2.27. The number of amides is 2. The van der Waals surface area contributed by atoms with E-state index in [4.69, 9.17) is 9.47 Å². The van der Waals surface area contributed by atoms with Gasteiger partial charge in [-0.3, -0.25) is 24.6 Å². The van der Waals surface area contributed by atoms with Crippen molar-refractivity contribution in [2.45, 2.75) is 20.4 Å². The van der Waals surface area contributed by atoms with Gasteiger partial charge < -0.3 is 9.47 Å². The van der Waals surface area contributed by atoms with Gasteiger partial charge in [-0.1, -0.05) is 12.1 Å². The average molecular weight is 507 g/mol. The molecule has 0 aromatic heterocycles. The molecule has 2 aromatic rings. The van der Waals surface area contributed by atoms with Crippen molar-refractivity contribution in [1.29, 1.82) is 0 Å². The molecule has 1 fully saturated rings. The minimum absolute atomic E-state index is 0.0389. The highest BCUT2D eigenvalue weighted by Gasteiger charge is 2.35. The minimum atomic E-state index is -0.502. The second-order valence-corrected chi connectivity index (χ2v) is 8.23. The molecule has 1 aliphatic heterocycles. The smallest absolute Gasteiger partial charge is 0.293 e. The van der Waals surface area contributed by atoms with Crippen LogP contribution in [-0.4, -0.2) is 34.2 Å². The Morgan fingerprint density at radius 2 is 1.81 bits per heavy atom. The summed E-state index contributed by atoms with van der Waals surface area (Å²) >= 11 is 4.31. The summed E-state index contributed by atoms with van der Waals surface area (Å²) in [6.07, 6.45) is 1.63. The summed E-state index contributed by atoms with van der Waals surface area (Å²) in [5.74, 6) is 0.694. The molecule has 2 amide bonds. The van der Waals surface area contributed by atoms with Crippen LogP contribution in [0.15, 0.2) is 45.8 Å². The topological polar surface area (TPSA) is 99.0 Å². The maximum Gasteiger partial charge on any atom is 0.293 e. The highest BCUT2D eigenvalue weighted by atomic mass is 79.9. The first kappa shape index (κ1) is 22.8. The molecule has 8 nitrogen and oxygen atoms in total. The second-order valence-electron chi connectivity index (χ2n) is 6.39. The number of non-ortho nitro benzene ring substituents is 1. The first-order valence-corrected chi connectivity index (χ1v) is 11.0. The highest BCUT2D eigenvalue weighted by Crippen LogP contribution is 2.39. The minimum Gasteiger partial charge on any atom is -0.490 e. The van der Waals surface area contributed by atoms with Gasteiger partial charge in [-0.2, -0.15) is 0 Å². The van der Waals surface area contributed by atoms with Crippen molar-refractivity contribution >= 4 is 50.6 Å². The van der Waals surface area contributed by atoms with Crippen LogP contribution in [0.1, 0.15) is 25.0 Å². The Hall–Kier alpha value is -2.85. The maximum absolute atomic E-state index is 12.8. The Bertz CT molecular complexity index is 1050. The second kappa shape index (κ2) is 9.97. The molecule has 162 valence electrons. The van der Waals surface area contributed by atoms with E-state index in [2.05, 4.69) is 15.9 Å². The largest absolute Gasteiger partial charge is 0.490 e. The lowest BCUT2D eigenvalue weighted by Gasteiger charge is -2.14. The number of nitro benzene ring substituents is 1. The van der Waals surface area contributed by atoms with Gasteiger partial charge in [0.1, 0.15) is 0 Å². The number of hydrogen-bond donors (Lipinski definition) is 0. The zero-order valence-corrected chi connectivity index (χ0v) is 19.2. The van der Waals surface area contributed by atoms with E-state index in [1.165, 1.54) is 24.3 Å². The molecule has 1 aliphatic rings. The summed E-state index contributed by atoms with van der Waals surface area (Å²) in [7, 11) is 0. The fourth-order valence-corrected chi connectivity index (χ4v) is 4.32. The molecule has 1 heterocycles. The number of thioether (sulfide) groups is 1. The zero-order chi connectivity index (χ0) is 22.5. The Morgan fingerprint density at radius 3 is 2.42 bits per heavy atom. The Kier molecular flexibility index (Phi) is 7.34. The van der Waals surface area contributed by atoms with Crippen molar-refractivity contribution < 1.29 is 24.0 Å². The Labute approximate surface area is 191 Å². The number of nitro groups is 1. The van der Waals surface area contributed by atoms with Gasteiger partial charge >= 0.3 is 0 Å². The Balaban J connectivity index is 1.83. The van der Waals surface area contributed by atoms with Gasteiger partial charge in [0.05, 0.1) is 34.1 Å². The number of imide groups is 1. The third-order valence-corrected chi connectivity index (χ3v) is 5.78. The van der Waals surface area contributed by atoms with Crippen molar-refractivity contribution in [2.24, 2.45) is 0 Å². The number of ether oxygens (including phenoxy) is 2. The molecule has 0 N–H and O–H groups in total. The molecule has 10 heteroatoms. The van der Waals surface area contributed by atoms with Gasteiger partial charge in [-0.25, -0.2) is 0 Å². The number of nitrogens with zero attached hydrogens (tertiary/aromatic N) is 2. The number of benzene rings is 2. The fraction of sp³-hybridized carbons (Fsp3) is 0.238. The number of carbonyl (C=O) groups is 2. The number of hydrogen-bond acceptors (Lipinski definition) is 7. The molecule has 0 saturated carbocycles. The standard InChI is InChI=1S/C21H19BrN2O6S/c1-3-29-17-10-14(9-16(22)19(17)30-4-2)11-18-20(25)23(21(26)31-18)12-13-5-7-15(8-6-13)24(27)28/h5-11H,3-4,12H2,1-2H3/b18-11-. The third kappa shape index (κ3) is 5.26. The van der Waals surface area contributed by atoms with E-state index in [-0.39, 0.29) is 17.1 Å². The molecular weight excluding hydrogens is 488 g/mol. The van der Waals surface area contributed by atoms with Gasteiger partial charge in [-0.05, 0) is 70.9 Å². The summed E-state index contributed by atoms with van der Waals surface area (Å²) in [6.45, 7) is 4.69. The lowest BCUT2D eigenvalue weighted by atomic mass is 10.1. The van der Waals surface area contributed by atoms with Crippen LogP contribution in [0.5, 0.6) is 11.5 Å². The Morgan fingerprint density at radius 1 is 1.13 bits per heavy atom. The predicted octanol–water partition coefficient (Wildman–Crippen LogP) is 5.39. The van der Waals surface area contributed by atoms with Crippen LogP contribution in [0.2, 0.25) is 0 Å². The molecule has 0 spiro atoms. The van der Waals surface area contributed by atoms with Crippen molar-refractivity contribution in [3.8, 4) is 11.5 Å². The van der Waals surface area contributed by atoms with Gasteiger partial charge in [0.25, 0.3) is 16.8 Å². The molecule has 1 saturated heterocycles. The molecule has 0 aliphatic carbocycles. The van der Waals surface area contributed by atoms with E-state index in [0.29, 0.717) is 40.3 Å². The van der Waals surface area contributed by atoms with Crippen LogP contribution in [0.4, 0.5) is 10.5 Å². The third-order valence-electron chi connectivity index (χ3n) is 4.28. The van der Waals surface area contributed by atoms with E-state index in [1.54, 1.807) is 18.2 Å². The SMILES string of the molecule is CCOc1cc(/C=C2\SC(=O)N(Cc3ccc([N+](=O)[O-])cc3)C2=O)cc(Br)c1OCC. The average Bonchev–Trinajstić information content (AvgIpc) is 2.98. The summed E-state index contributed by atoms with van der Waals surface area (Å²) < 4.78 is 11.9. The molecule has 2 aromatic carbocycles. The monoisotopic (exact) mass is 506 g/mol. The first-order chi connectivity index (χ1) is 14.8. The number of carbonyl (C=O) groups excluding carboxylic acids is 2. The van der Waals surface area contributed by atoms with Gasteiger partial charge in [0.2, 0.25) is 0 Å². The van der Waals surface area contributed by atoms with E-state index >= 15 is 0 Å². The van der Waals surface area contributed by atoms with E-state index in [1.807, 2.05) is 13.8 Å². The number of rotatable bonds is 8. The maximum atomic E-state index is 12.8. The molecule has 0 unspecified atom stereocenters. The quantitative estimate of drug-likeness (QED) is 0.268. The lowest BCUT2D eigenvalue weighted by molar-refractivity contribution is -0.384. The molecule has 0 bridgehead atoms. The summed E-state index contributed by atoms with van der Waals surface area (Å²) in [5.41, 5.74) is 1.25. The molecule has 0 radical (unpaired) electrons.